The van der Waals surface area contributed by atoms with E-state index in [1.54, 1.807) is 25.3 Å². The molecule has 1 heterocycles. The van der Waals surface area contributed by atoms with Gasteiger partial charge < -0.3 is 15.6 Å². The molecule has 1 aromatic heterocycles. The standard InChI is InChI=1S/C11H11N3O3/c1-17-6-2-3-8-7(4-6)11(12)14-9(13-8)5-10(15)16/h2-4H,5H2,1H3,(H,15,16)(H2,12,13,14). The first kappa shape index (κ1) is 11.1. The Morgan fingerprint density at radius 1 is 1.47 bits per heavy atom. The van der Waals surface area contributed by atoms with Crippen molar-refractivity contribution in [2.24, 2.45) is 0 Å². The number of hydrogen-bond acceptors (Lipinski definition) is 5. The van der Waals surface area contributed by atoms with Crippen LogP contribution in [0, 0.1) is 0 Å². The number of hydrogen-bond donors (Lipinski definition) is 2. The summed E-state index contributed by atoms with van der Waals surface area (Å²) >= 11 is 0. The van der Waals surface area contributed by atoms with E-state index < -0.39 is 5.97 Å². The van der Waals surface area contributed by atoms with Crippen LogP contribution in [-0.2, 0) is 11.2 Å². The van der Waals surface area contributed by atoms with Crippen molar-refractivity contribution < 1.29 is 14.6 Å². The minimum Gasteiger partial charge on any atom is -0.497 e. The van der Waals surface area contributed by atoms with E-state index in [4.69, 9.17) is 15.6 Å². The molecule has 3 N–H and O–H groups in total. The predicted molar refractivity (Wildman–Crippen MR) is 61.8 cm³/mol. The summed E-state index contributed by atoms with van der Waals surface area (Å²) in [5.74, 6) is 0.119. The third-order valence-electron chi connectivity index (χ3n) is 2.29. The zero-order valence-corrected chi connectivity index (χ0v) is 9.17. The average Bonchev–Trinajstić information content (AvgIpc) is 2.28. The first-order valence-corrected chi connectivity index (χ1v) is 4.92. The van der Waals surface area contributed by atoms with Crippen molar-refractivity contribution in [2.75, 3.05) is 12.8 Å². The molecule has 0 aliphatic rings. The van der Waals surface area contributed by atoms with Crippen LogP contribution in [0.25, 0.3) is 10.9 Å². The Balaban J connectivity index is 2.55. The zero-order valence-electron chi connectivity index (χ0n) is 9.17. The molecule has 88 valence electrons. The largest absolute Gasteiger partial charge is 0.497 e. The van der Waals surface area contributed by atoms with Gasteiger partial charge in [0.1, 0.15) is 23.8 Å². The maximum atomic E-state index is 10.6. The van der Waals surface area contributed by atoms with E-state index >= 15 is 0 Å². The van der Waals surface area contributed by atoms with Gasteiger partial charge in [0, 0.05) is 5.39 Å². The molecule has 0 radical (unpaired) electrons. The molecule has 0 aliphatic heterocycles. The number of aliphatic carboxylic acids is 1. The lowest BCUT2D eigenvalue weighted by atomic mass is 10.2. The molecule has 0 amide bonds. The topological polar surface area (TPSA) is 98.3 Å². The van der Waals surface area contributed by atoms with Gasteiger partial charge in [0.25, 0.3) is 0 Å². The van der Waals surface area contributed by atoms with Gasteiger partial charge in [-0.05, 0) is 18.2 Å². The van der Waals surface area contributed by atoms with Gasteiger partial charge in [-0.3, -0.25) is 4.79 Å². The normalized spacial score (nSPS) is 10.4. The van der Waals surface area contributed by atoms with E-state index in [0.29, 0.717) is 16.7 Å². The van der Waals surface area contributed by atoms with Gasteiger partial charge in [0.05, 0.1) is 12.6 Å². The number of nitrogens with two attached hydrogens (primary N) is 1. The van der Waals surface area contributed by atoms with Crippen LogP contribution in [-0.4, -0.2) is 28.2 Å². The smallest absolute Gasteiger partial charge is 0.311 e. The Morgan fingerprint density at radius 3 is 2.88 bits per heavy atom. The number of nitrogens with zero attached hydrogens (tertiary/aromatic N) is 2. The quantitative estimate of drug-likeness (QED) is 0.815. The maximum absolute atomic E-state index is 10.6. The Kier molecular flexibility index (Phi) is 2.78. The number of nitrogen functional groups attached to an aromatic ring is 1. The highest BCUT2D eigenvalue weighted by atomic mass is 16.5. The van der Waals surface area contributed by atoms with Crippen LogP contribution in [0.15, 0.2) is 18.2 Å². The summed E-state index contributed by atoms with van der Waals surface area (Å²) in [5, 5.41) is 9.32. The number of rotatable bonds is 3. The number of carbonyl (C=O) groups is 1. The van der Waals surface area contributed by atoms with Gasteiger partial charge in [-0.2, -0.15) is 0 Å². The molecule has 0 fully saturated rings. The molecule has 0 unspecified atom stereocenters. The monoisotopic (exact) mass is 233 g/mol. The van der Waals surface area contributed by atoms with Crippen LogP contribution in [0.3, 0.4) is 0 Å². The Bertz CT molecular complexity index is 583. The van der Waals surface area contributed by atoms with E-state index in [2.05, 4.69) is 9.97 Å². The lowest BCUT2D eigenvalue weighted by molar-refractivity contribution is -0.136. The Hall–Kier alpha value is -2.37. The van der Waals surface area contributed by atoms with Crippen molar-refractivity contribution in [3.05, 3.63) is 24.0 Å². The average molecular weight is 233 g/mol. The molecular formula is C11H11N3O3. The summed E-state index contributed by atoms with van der Waals surface area (Å²) in [6.45, 7) is 0. The number of carboxylic acid groups (broad SMARTS) is 1. The third kappa shape index (κ3) is 2.25. The fourth-order valence-corrected chi connectivity index (χ4v) is 1.52. The summed E-state index contributed by atoms with van der Waals surface area (Å²) in [6.07, 6.45) is -0.244. The predicted octanol–water partition coefficient (Wildman–Crippen LogP) is 0.848. The molecule has 6 heteroatoms. The number of ether oxygens (including phenoxy) is 1. The van der Waals surface area contributed by atoms with Crippen molar-refractivity contribution >= 4 is 22.7 Å². The third-order valence-corrected chi connectivity index (χ3v) is 2.29. The summed E-state index contributed by atoms with van der Waals surface area (Å²) in [4.78, 5) is 18.6. The highest BCUT2D eigenvalue weighted by molar-refractivity contribution is 5.89. The van der Waals surface area contributed by atoms with Gasteiger partial charge in [0.15, 0.2) is 0 Å². The van der Waals surface area contributed by atoms with Gasteiger partial charge in [0.2, 0.25) is 0 Å². The Labute approximate surface area is 97.1 Å². The van der Waals surface area contributed by atoms with Crippen molar-refractivity contribution in [1.29, 1.82) is 0 Å². The van der Waals surface area contributed by atoms with E-state index in [0.717, 1.165) is 0 Å². The fraction of sp³-hybridized carbons (Fsp3) is 0.182. The molecule has 0 saturated carbocycles. The number of anilines is 1. The van der Waals surface area contributed by atoms with Crippen LogP contribution in [0.2, 0.25) is 0 Å². The van der Waals surface area contributed by atoms with Crippen LogP contribution >= 0.6 is 0 Å². The first-order chi connectivity index (χ1) is 8.10. The van der Waals surface area contributed by atoms with E-state index in [9.17, 15) is 4.79 Å². The zero-order chi connectivity index (χ0) is 12.4. The first-order valence-electron chi connectivity index (χ1n) is 4.92. The fourth-order valence-electron chi connectivity index (χ4n) is 1.52. The molecule has 6 nitrogen and oxygen atoms in total. The highest BCUT2D eigenvalue weighted by Crippen LogP contribution is 2.23. The van der Waals surface area contributed by atoms with E-state index in [-0.39, 0.29) is 18.1 Å². The highest BCUT2D eigenvalue weighted by Gasteiger charge is 2.09. The summed E-state index contributed by atoms with van der Waals surface area (Å²) in [6, 6.07) is 5.17. The number of methoxy groups -OCH3 is 1. The minimum absolute atomic E-state index is 0.202. The van der Waals surface area contributed by atoms with Crippen LogP contribution in [0.4, 0.5) is 5.82 Å². The number of benzene rings is 1. The molecule has 17 heavy (non-hydrogen) atoms. The second kappa shape index (κ2) is 4.25. The number of fused-ring (bicyclic) bond motifs is 1. The van der Waals surface area contributed by atoms with Crippen LogP contribution < -0.4 is 10.5 Å². The molecule has 2 rings (SSSR count). The maximum Gasteiger partial charge on any atom is 0.311 e. The summed E-state index contributed by atoms with van der Waals surface area (Å²) < 4.78 is 5.07. The molecule has 0 bridgehead atoms. The molecule has 1 aromatic carbocycles. The second-order valence-corrected chi connectivity index (χ2v) is 3.48. The van der Waals surface area contributed by atoms with Crippen molar-refractivity contribution in [2.45, 2.75) is 6.42 Å². The lowest BCUT2D eigenvalue weighted by Crippen LogP contribution is -2.07. The van der Waals surface area contributed by atoms with Gasteiger partial charge in [-0.25, -0.2) is 9.97 Å². The van der Waals surface area contributed by atoms with Gasteiger partial charge >= 0.3 is 5.97 Å². The molecular weight excluding hydrogens is 222 g/mol. The van der Waals surface area contributed by atoms with Crippen molar-refractivity contribution in [3.63, 3.8) is 0 Å². The summed E-state index contributed by atoms with van der Waals surface area (Å²) in [5.41, 5.74) is 6.36. The number of aromatic nitrogens is 2. The number of carboxylic acids is 1. The minimum atomic E-state index is -0.989. The van der Waals surface area contributed by atoms with E-state index in [1.165, 1.54) is 0 Å². The Morgan fingerprint density at radius 2 is 2.24 bits per heavy atom. The van der Waals surface area contributed by atoms with Gasteiger partial charge in [-0.1, -0.05) is 0 Å². The van der Waals surface area contributed by atoms with E-state index in [1.807, 2.05) is 0 Å². The molecule has 0 atom stereocenters. The second-order valence-electron chi connectivity index (χ2n) is 3.48. The molecule has 0 spiro atoms. The molecule has 0 aliphatic carbocycles. The van der Waals surface area contributed by atoms with Gasteiger partial charge in [-0.15, -0.1) is 0 Å². The van der Waals surface area contributed by atoms with Crippen molar-refractivity contribution in [3.8, 4) is 5.75 Å². The SMILES string of the molecule is COc1ccc2nc(CC(=O)O)nc(N)c2c1. The van der Waals surface area contributed by atoms with Crippen LogP contribution in [0.1, 0.15) is 5.82 Å². The van der Waals surface area contributed by atoms with Crippen LogP contribution in [0.5, 0.6) is 5.75 Å². The molecule has 0 saturated heterocycles. The summed E-state index contributed by atoms with van der Waals surface area (Å²) in [7, 11) is 1.55. The van der Waals surface area contributed by atoms with Crippen molar-refractivity contribution in [1.82, 2.24) is 9.97 Å². The lowest BCUT2D eigenvalue weighted by Gasteiger charge is -2.05. The molecule has 2 aromatic rings.